The van der Waals surface area contributed by atoms with Crippen LogP contribution in [0.2, 0.25) is 10.0 Å². The third-order valence-electron chi connectivity index (χ3n) is 2.94. The van der Waals surface area contributed by atoms with Gasteiger partial charge in [-0.05, 0) is 31.5 Å². The molecule has 1 aromatic carbocycles. The molecule has 0 aromatic heterocycles. The van der Waals surface area contributed by atoms with Crippen LogP contribution in [0.5, 0.6) is 0 Å². The maximum Gasteiger partial charge on any atom is 0.331 e. The number of nitriles is 1. The van der Waals surface area contributed by atoms with Crippen LogP contribution in [0.15, 0.2) is 18.2 Å². The van der Waals surface area contributed by atoms with E-state index >= 15 is 0 Å². The van der Waals surface area contributed by atoms with Crippen LogP contribution in [0, 0.1) is 11.3 Å². The summed E-state index contributed by atoms with van der Waals surface area (Å²) < 4.78 is 4.68. The summed E-state index contributed by atoms with van der Waals surface area (Å²) in [5.74, 6) is -1.17. The summed E-state index contributed by atoms with van der Waals surface area (Å²) in [6.45, 7) is 1.50. The Kier molecular flexibility index (Phi) is 6.01. The van der Waals surface area contributed by atoms with Gasteiger partial charge in [0.05, 0.1) is 23.8 Å². The lowest BCUT2D eigenvalue weighted by molar-refractivity contribution is -0.147. The van der Waals surface area contributed by atoms with E-state index in [9.17, 15) is 9.59 Å². The Labute approximate surface area is 132 Å². The van der Waals surface area contributed by atoms with Crippen molar-refractivity contribution >= 4 is 35.1 Å². The van der Waals surface area contributed by atoms with E-state index in [0.29, 0.717) is 5.02 Å². The maximum absolute atomic E-state index is 12.2. The Morgan fingerprint density at radius 1 is 1.43 bits per heavy atom. The van der Waals surface area contributed by atoms with Gasteiger partial charge in [-0.1, -0.05) is 23.2 Å². The molecule has 0 aliphatic carbocycles. The molecule has 112 valence electrons. The van der Waals surface area contributed by atoms with Gasteiger partial charge in [0, 0.05) is 11.4 Å². The van der Waals surface area contributed by atoms with Gasteiger partial charge in [0.25, 0.3) is 5.91 Å². The van der Waals surface area contributed by atoms with Crippen LogP contribution < -0.4 is 5.32 Å². The van der Waals surface area contributed by atoms with E-state index in [-0.39, 0.29) is 23.4 Å². The molecule has 0 aliphatic rings. The molecule has 0 fully saturated rings. The number of benzene rings is 1. The molecule has 1 amide bonds. The molecule has 0 saturated heterocycles. The van der Waals surface area contributed by atoms with Crippen molar-refractivity contribution in [3.8, 4) is 6.07 Å². The third-order valence-corrected chi connectivity index (χ3v) is 3.49. The molecule has 5 nitrogen and oxygen atoms in total. The van der Waals surface area contributed by atoms with Crippen LogP contribution in [0.25, 0.3) is 0 Å². The fourth-order valence-corrected chi connectivity index (χ4v) is 2.23. The molecule has 0 unspecified atom stereocenters. The SMILES string of the molecule is COC(=O)[C@@](C)(CCC#N)NC(=O)c1ccc(Cl)cc1Cl. The van der Waals surface area contributed by atoms with Gasteiger partial charge in [-0.15, -0.1) is 0 Å². The number of amides is 1. The van der Waals surface area contributed by atoms with Crippen LogP contribution in [-0.4, -0.2) is 24.5 Å². The average Bonchev–Trinajstić information content (AvgIpc) is 2.43. The van der Waals surface area contributed by atoms with E-state index in [0.717, 1.165) is 0 Å². The lowest BCUT2D eigenvalue weighted by Gasteiger charge is -2.27. The molecular formula is C14H14Cl2N2O3. The lowest BCUT2D eigenvalue weighted by Crippen LogP contribution is -2.52. The fourth-order valence-electron chi connectivity index (χ4n) is 1.74. The van der Waals surface area contributed by atoms with Crippen molar-refractivity contribution in [2.45, 2.75) is 25.3 Å². The lowest BCUT2D eigenvalue weighted by atomic mass is 9.95. The molecule has 0 heterocycles. The normalized spacial score (nSPS) is 12.9. The minimum atomic E-state index is -1.30. The zero-order valence-electron chi connectivity index (χ0n) is 11.6. The number of carbonyl (C=O) groups excluding carboxylic acids is 2. The van der Waals surface area contributed by atoms with Gasteiger partial charge in [0.1, 0.15) is 5.54 Å². The van der Waals surface area contributed by atoms with Crippen LogP contribution in [0.1, 0.15) is 30.1 Å². The van der Waals surface area contributed by atoms with Crippen molar-refractivity contribution in [2.75, 3.05) is 7.11 Å². The molecule has 1 atom stereocenters. The van der Waals surface area contributed by atoms with Crippen LogP contribution in [-0.2, 0) is 9.53 Å². The number of hydrogen-bond donors (Lipinski definition) is 1. The number of ether oxygens (including phenoxy) is 1. The average molecular weight is 329 g/mol. The van der Waals surface area contributed by atoms with Gasteiger partial charge in [-0.25, -0.2) is 4.79 Å². The number of rotatable bonds is 5. The summed E-state index contributed by atoms with van der Waals surface area (Å²) in [6, 6.07) is 6.35. The fraction of sp³-hybridized carbons (Fsp3) is 0.357. The molecule has 21 heavy (non-hydrogen) atoms. The van der Waals surface area contributed by atoms with Crippen molar-refractivity contribution < 1.29 is 14.3 Å². The third kappa shape index (κ3) is 4.35. The quantitative estimate of drug-likeness (QED) is 0.842. The number of esters is 1. The molecule has 1 N–H and O–H groups in total. The van der Waals surface area contributed by atoms with Gasteiger partial charge in [-0.2, -0.15) is 5.26 Å². The highest BCUT2D eigenvalue weighted by molar-refractivity contribution is 6.36. The molecule has 1 rings (SSSR count). The summed E-state index contributed by atoms with van der Waals surface area (Å²) >= 11 is 11.7. The van der Waals surface area contributed by atoms with E-state index < -0.39 is 17.4 Å². The summed E-state index contributed by atoms with van der Waals surface area (Å²) in [4.78, 5) is 24.1. The Hall–Kier alpha value is -1.77. The molecule has 0 spiro atoms. The molecule has 1 aromatic rings. The summed E-state index contributed by atoms with van der Waals surface area (Å²) in [5.41, 5.74) is -1.11. The molecule has 0 radical (unpaired) electrons. The molecule has 0 bridgehead atoms. The highest BCUT2D eigenvalue weighted by Gasteiger charge is 2.36. The minimum absolute atomic E-state index is 0.0975. The monoisotopic (exact) mass is 328 g/mol. The van der Waals surface area contributed by atoms with Crippen molar-refractivity contribution in [1.82, 2.24) is 5.32 Å². The molecule has 7 heteroatoms. The predicted octanol–water partition coefficient (Wildman–Crippen LogP) is 2.96. The second-order valence-corrected chi connectivity index (χ2v) is 5.40. The smallest absolute Gasteiger partial charge is 0.331 e. The second kappa shape index (κ2) is 7.30. The standard InChI is InChI=1S/C14H14Cl2N2O3/c1-14(6-3-7-17,13(20)21-2)18-12(19)10-5-4-9(15)8-11(10)16/h4-5,8H,3,6H2,1-2H3,(H,18,19)/t14-/m1/s1. The zero-order chi connectivity index (χ0) is 16.0. The highest BCUT2D eigenvalue weighted by Crippen LogP contribution is 2.22. The predicted molar refractivity (Wildman–Crippen MR) is 79.2 cm³/mol. The summed E-state index contributed by atoms with van der Waals surface area (Å²) in [6.07, 6.45) is 0.230. The first kappa shape index (κ1) is 17.3. The van der Waals surface area contributed by atoms with Crippen LogP contribution in [0.4, 0.5) is 0 Å². The van der Waals surface area contributed by atoms with Crippen LogP contribution in [0.3, 0.4) is 0 Å². The van der Waals surface area contributed by atoms with E-state index in [1.165, 1.54) is 32.2 Å². The van der Waals surface area contributed by atoms with Gasteiger partial charge in [0.2, 0.25) is 0 Å². The Morgan fingerprint density at radius 2 is 2.10 bits per heavy atom. The van der Waals surface area contributed by atoms with Gasteiger partial charge in [0.15, 0.2) is 0 Å². The largest absolute Gasteiger partial charge is 0.467 e. The first-order chi connectivity index (χ1) is 9.84. The Bertz CT molecular complexity index is 598. The molecule has 0 saturated carbocycles. The number of nitrogens with zero attached hydrogens (tertiary/aromatic N) is 1. The Balaban J connectivity index is 3.00. The maximum atomic E-state index is 12.2. The van der Waals surface area contributed by atoms with E-state index in [1.807, 2.05) is 6.07 Å². The number of halogens is 2. The van der Waals surface area contributed by atoms with Gasteiger partial charge in [-0.3, -0.25) is 4.79 Å². The Morgan fingerprint density at radius 3 is 2.62 bits per heavy atom. The second-order valence-electron chi connectivity index (χ2n) is 4.56. The van der Waals surface area contributed by atoms with E-state index in [1.54, 1.807) is 0 Å². The zero-order valence-corrected chi connectivity index (χ0v) is 13.1. The van der Waals surface area contributed by atoms with E-state index in [2.05, 4.69) is 10.1 Å². The van der Waals surface area contributed by atoms with Crippen LogP contribution >= 0.6 is 23.2 Å². The molecule has 0 aliphatic heterocycles. The van der Waals surface area contributed by atoms with E-state index in [4.69, 9.17) is 28.5 Å². The van der Waals surface area contributed by atoms with Gasteiger partial charge >= 0.3 is 5.97 Å². The molecular weight excluding hydrogens is 315 g/mol. The minimum Gasteiger partial charge on any atom is -0.467 e. The topological polar surface area (TPSA) is 79.2 Å². The first-order valence-electron chi connectivity index (χ1n) is 6.07. The van der Waals surface area contributed by atoms with Crippen molar-refractivity contribution in [2.24, 2.45) is 0 Å². The van der Waals surface area contributed by atoms with Crippen molar-refractivity contribution in [1.29, 1.82) is 5.26 Å². The summed E-state index contributed by atoms with van der Waals surface area (Å²) in [7, 11) is 1.22. The number of hydrogen-bond acceptors (Lipinski definition) is 4. The van der Waals surface area contributed by atoms with Gasteiger partial charge < -0.3 is 10.1 Å². The number of methoxy groups -OCH3 is 1. The number of carbonyl (C=O) groups is 2. The first-order valence-corrected chi connectivity index (χ1v) is 6.82. The number of nitrogens with one attached hydrogen (secondary N) is 1. The summed E-state index contributed by atoms with van der Waals surface area (Å²) in [5, 5.41) is 11.8. The van der Waals surface area contributed by atoms with Crippen molar-refractivity contribution in [3.05, 3.63) is 33.8 Å². The highest BCUT2D eigenvalue weighted by atomic mass is 35.5. The van der Waals surface area contributed by atoms with Crippen molar-refractivity contribution in [3.63, 3.8) is 0 Å².